The third-order valence-electron chi connectivity index (χ3n) is 4.28. The van der Waals surface area contributed by atoms with Gasteiger partial charge < -0.3 is 9.47 Å². The summed E-state index contributed by atoms with van der Waals surface area (Å²) >= 11 is 3.47. The number of sulfonamides is 1. The summed E-state index contributed by atoms with van der Waals surface area (Å²) in [5, 5.41) is 10.6. The Morgan fingerprint density at radius 3 is 2.24 bits per heavy atom. The van der Waals surface area contributed by atoms with Crippen molar-refractivity contribution in [1.82, 2.24) is 0 Å². The molecule has 1 heterocycles. The van der Waals surface area contributed by atoms with E-state index >= 15 is 0 Å². The van der Waals surface area contributed by atoms with Crippen molar-refractivity contribution in [1.29, 1.82) is 0 Å². The third-order valence-corrected chi connectivity index (χ3v) is 5.89. The predicted molar refractivity (Wildman–Crippen MR) is 114 cm³/mol. The second-order valence-corrected chi connectivity index (χ2v) is 8.54. The number of hydrogen-bond donors (Lipinski definition) is 1. The van der Waals surface area contributed by atoms with Gasteiger partial charge in [0.25, 0.3) is 5.91 Å². The van der Waals surface area contributed by atoms with E-state index in [4.69, 9.17) is 14.6 Å². The van der Waals surface area contributed by atoms with Gasteiger partial charge in [-0.1, -0.05) is 15.9 Å². The van der Waals surface area contributed by atoms with E-state index in [9.17, 15) is 13.2 Å². The molecule has 2 aromatic carbocycles. The topological polar surface area (TPSA) is 111 Å². The molecule has 29 heavy (non-hydrogen) atoms. The van der Waals surface area contributed by atoms with Gasteiger partial charge >= 0.3 is 0 Å². The van der Waals surface area contributed by atoms with Crippen LogP contribution >= 0.6 is 15.9 Å². The SMILES string of the molecule is COc1cc(Br)c(C=C2C(=O)N(c3ccc(S(N)(=O)=O)cc3)N=C2C)cc1OC. The summed E-state index contributed by atoms with van der Waals surface area (Å²) in [6.45, 7) is 1.72. The number of anilines is 1. The second kappa shape index (κ2) is 7.97. The van der Waals surface area contributed by atoms with E-state index in [-0.39, 0.29) is 10.8 Å². The molecule has 0 bridgehead atoms. The third kappa shape index (κ3) is 4.19. The van der Waals surface area contributed by atoms with Gasteiger partial charge in [-0.2, -0.15) is 10.1 Å². The number of hydrazone groups is 1. The van der Waals surface area contributed by atoms with Crippen molar-refractivity contribution >= 4 is 49.3 Å². The van der Waals surface area contributed by atoms with E-state index in [1.165, 1.54) is 36.4 Å². The van der Waals surface area contributed by atoms with Gasteiger partial charge in [-0.05, 0) is 55.0 Å². The zero-order chi connectivity index (χ0) is 21.3. The Bertz CT molecular complexity index is 1140. The maximum atomic E-state index is 12.9. The van der Waals surface area contributed by atoms with Gasteiger partial charge in [0.2, 0.25) is 10.0 Å². The number of hydrogen-bond acceptors (Lipinski definition) is 6. The molecule has 0 atom stereocenters. The molecular weight excluding hydrogens is 462 g/mol. The Morgan fingerprint density at radius 2 is 1.69 bits per heavy atom. The summed E-state index contributed by atoms with van der Waals surface area (Å²) in [5.74, 6) is 0.742. The Balaban J connectivity index is 1.96. The van der Waals surface area contributed by atoms with Gasteiger partial charge in [-0.3, -0.25) is 4.79 Å². The molecule has 1 amide bonds. The molecule has 0 saturated carbocycles. The van der Waals surface area contributed by atoms with Crippen molar-refractivity contribution < 1.29 is 22.7 Å². The van der Waals surface area contributed by atoms with Crippen molar-refractivity contribution in [2.24, 2.45) is 10.2 Å². The van der Waals surface area contributed by atoms with Gasteiger partial charge in [0, 0.05) is 4.47 Å². The monoisotopic (exact) mass is 479 g/mol. The molecule has 8 nitrogen and oxygen atoms in total. The number of primary sulfonamides is 1. The maximum absolute atomic E-state index is 12.9. The smallest absolute Gasteiger partial charge is 0.280 e. The van der Waals surface area contributed by atoms with Gasteiger partial charge in [0.1, 0.15) is 0 Å². The minimum Gasteiger partial charge on any atom is -0.493 e. The molecule has 152 valence electrons. The number of methoxy groups -OCH3 is 2. The molecule has 1 aliphatic heterocycles. The van der Waals surface area contributed by atoms with Crippen LogP contribution in [0.4, 0.5) is 5.69 Å². The molecular formula is C19H18BrN3O5S. The van der Waals surface area contributed by atoms with Gasteiger partial charge in [0.05, 0.1) is 36.1 Å². The largest absolute Gasteiger partial charge is 0.493 e. The molecule has 0 aromatic heterocycles. The molecule has 0 spiro atoms. The summed E-state index contributed by atoms with van der Waals surface area (Å²) in [5.41, 5.74) is 2.06. The van der Waals surface area contributed by atoms with Gasteiger partial charge in [0.15, 0.2) is 11.5 Å². The van der Waals surface area contributed by atoms with Gasteiger partial charge in [-0.15, -0.1) is 0 Å². The van der Waals surface area contributed by atoms with Crippen LogP contribution in [0, 0.1) is 0 Å². The van der Waals surface area contributed by atoms with Crippen molar-refractivity contribution in [3.8, 4) is 11.5 Å². The van der Waals surface area contributed by atoms with E-state index in [0.717, 1.165) is 4.47 Å². The zero-order valence-corrected chi connectivity index (χ0v) is 18.2. The molecule has 3 rings (SSSR count). The van der Waals surface area contributed by atoms with Crippen LogP contribution in [0.1, 0.15) is 12.5 Å². The summed E-state index contributed by atoms with van der Waals surface area (Å²) in [7, 11) is -0.743. The lowest BCUT2D eigenvalue weighted by molar-refractivity contribution is -0.114. The number of halogens is 1. The molecule has 1 aliphatic rings. The second-order valence-electron chi connectivity index (χ2n) is 6.13. The highest BCUT2D eigenvalue weighted by Crippen LogP contribution is 2.35. The minimum atomic E-state index is -3.81. The average Bonchev–Trinajstić information content (AvgIpc) is 2.96. The van der Waals surface area contributed by atoms with Crippen LogP contribution in [0.5, 0.6) is 11.5 Å². The first kappa shape index (κ1) is 21.0. The van der Waals surface area contributed by atoms with Crippen molar-refractivity contribution in [2.75, 3.05) is 19.2 Å². The van der Waals surface area contributed by atoms with Crippen LogP contribution in [-0.4, -0.2) is 34.3 Å². The highest BCUT2D eigenvalue weighted by Gasteiger charge is 2.29. The summed E-state index contributed by atoms with van der Waals surface area (Å²) < 4.78 is 34.1. The van der Waals surface area contributed by atoms with Crippen LogP contribution < -0.4 is 19.6 Å². The highest BCUT2D eigenvalue weighted by molar-refractivity contribution is 9.10. The van der Waals surface area contributed by atoms with E-state index in [0.29, 0.717) is 34.0 Å². The standard InChI is InChI=1S/C19H18BrN3O5S/c1-11-15(8-12-9-17(27-2)18(28-3)10-16(12)20)19(24)23(22-11)13-4-6-14(7-5-13)29(21,25)26/h4-10H,1-3H3,(H2,21,25,26). The molecule has 2 N–H and O–H groups in total. The Labute approximate surface area is 176 Å². The first-order valence-corrected chi connectivity index (χ1v) is 10.7. The van der Waals surface area contributed by atoms with E-state index in [1.54, 1.807) is 32.2 Å². The number of nitrogens with zero attached hydrogens (tertiary/aromatic N) is 2. The molecule has 0 saturated heterocycles. The lowest BCUT2D eigenvalue weighted by Crippen LogP contribution is -2.21. The van der Waals surface area contributed by atoms with Crippen LogP contribution in [0.15, 0.2) is 56.4 Å². The Kier molecular flexibility index (Phi) is 5.78. The number of nitrogens with two attached hydrogens (primary N) is 1. The summed E-state index contributed by atoms with van der Waals surface area (Å²) in [6, 6.07) is 9.11. The minimum absolute atomic E-state index is 0.0429. The van der Waals surface area contributed by atoms with Crippen LogP contribution in [0.3, 0.4) is 0 Å². The van der Waals surface area contributed by atoms with Crippen LogP contribution in [0.25, 0.3) is 6.08 Å². The number of rotatable bonds is 5. The first-order chi connectivity index (χ1) is 13.7. The highest BCUT2D eigenvalue weighted by atomic mass is 79.9. The van der Waals surface area contributed by atoms with Crippen LogP contribution in [0.2, 0.25) is 0 Å². The van der Waals surface area contributed by atoms with E-state index < -0.39 is 10.0 Å². The fraction of sp³-hybridized carbons (Fsp3) is 0.158. The molecule has 2 aromatic rings. The molecule has 0 aliphatic carbocycles. The zero-order valence-electron chi connectivity index (χ0n) is 15.8. The van der Waals surface area contributed by atoms with Crippen LogP contribution in [-0.2, 0) is 14.8 Å². The normalized spacial score (nSPS) is 15.6. The molecule has 0 fully saturated rings. The molecule has 0 radical (unpaired) electrons. The number of benzene rings is 2. The van der Waals surface area contributed by atoms with E-state index in [1.807, 2.05) is 0 Å². The van der Waals surface area contributed by atoms with Crippen molar-refractivity contribution in [2.45, 2.75) is 11.8 Å². The molecule has 0 unspecified atom stereocenters. The first-order valence-electron chi connectivity index (χ1n) is 8.32. The van der Waals surface area contributed by atoms with Gasteiger partial charge in [-0.25, -0.2) is 13.6 Å². The molecule has 10 heteroatoms. The average molecular weight is 480 g/mol. The lowest BCUT2D eigenvalue weighted by atomic mass is 10.1. The lowest BCUT2D eigenvalue weighted by Gasteiger charge is -2.12. The quantitative estimate of drug-likeness (QED) is 0.662. The fourth-order valence-electron chi connectivity index (χ4n) is 2.77. The predicted octanol–water partition coefficient (Wildman–Crippen LogP) is 2.92. The number of ether oxygens (including phenoxy) is 2. The maximum Gasteiger partial charge on any atom is 0.280 e. The number of carbonyl (C=O) groups is 1. The number of carbonyl (C=O) groups excluding carboxylic acids is 1. The van der Waals surface area contributed by atoms with E-state index in [2.05, 4.69) is 21.0 Å². The summed E-state index contributed by atoms with van der Waals surface area (Å²) in [6.07, 6.45) is 1.70. The van der Waals surface area contributed by atoms with Crippen molar-refractivity contribution in [3.63, 3.8) is 0 Å². The fourth-order valence-corrected chi connectivity index (χ4v) is 3.72. The number of amides is 1. The Hall–Kier alpha value is -2.69. The van der Waals surface area contributed by atoms with Crippen molar-refractivity contribution in [3.05, 3.63) is 52.0 Å². The Morgan fingerprint density at radius 1 is 1.10 bits per heavy atom. The summed E-state index contributed by atoms with van der Waals surface area (Å²) in [4.78, 5) is 12.9.